The van der Waals surface area contributed by atoms with Crippen LogP contribution in [0.3, 0.4) is 0 Å². The number of nitrogens with zero attached hydrogens (tertiary/aromatic N) is 2. The third-order valence-corrected chi connectivity index (χ3v) is 5.22. The molecule has 20 heavy (non-hydrogen) atoms. The van der Waals surface area contributed by atoms with E-state index < -0.39 is 34.0 Å². The van der Waals surface area contributed by atoms with E-state index in [0.717, 1.165) is 4.31 Å². The minimum absolute atomic E-state index is 0.0867. The maximum atomic E-state index is 12.1. The summed E-state index contributed by atoms with van der Waals surface area (Å²) in [6.07, 6.45) is -0.824. The van der Waals surface area contributed by atoms with Crippen LogP contribution in [0.1, 0.15) is 27.7 Å². The Morgan fingerprint density at radius 1 is 1.55 bits per heavy atom. The van der Waals surface area contributed by atoms with Gasteiger partial charge in [0.05, 0.1) is 18.7 Å². The molecule has 0 amide bonds. The Morgan fingerprint density at radius 2 is 2.15 bits per heavy atom. The highest BCUT2D eigenvalue weighted by atomic mass is 32.2. The second-order valence-corrected chi connectivity index (χ2v) is 7.16. The Morgan fingerprint density at radius 3 is 2.60 bits per heavy atom. The van der Waals surface area contributed by atoms with Crippen LogP contribution in [0.25, 0.3) is 0 Å². The molecular weight excluding hydrogens is 284 g/mol. The van der Waals surface area contributed by atoms with Gasteiger partial charge in [-0.1, -0.05) is 20.8 Å². The molecule has 7 nitrogen and oxygen atoms in total. The summed E-state index contributed by atoms with van der Waals surface area (Å²) in [5, 5.41) is 9.57. The molecule has 112 valence electrons. The van der Waals surface area contributed by atoms with Crippen molar-refractivity contribution in [3.63, 3.8) is 0 Å². The number of rotatable bonds is 2. The van der Waals surface area contributed by atoms with Gasteiger partial charge < -0.3 is 4.74 Å². The molecule has 2 fully saturated rings. The number of hydrogen-bond donors (Lipinski definition) is 0. The smallest absolute Gasteiger partial charge is 0.340 e. The molecule has 0 bridgehead atoms. The normalized spacial score (nSPS) is 42.2. The highest BCUT2D eigenvalue weighted by Gasteiger charge is 2.77. The molecule has 0 spiro atoms. The Kier molecular flexibility index (Phi) is 3.57. The zero-order valence-electron chi connectivity index (χ0n) is 11.9. The van der Waals surface area contributed by atoms with Gasteiger partial charge in [-0.2, -0.15) is 13.7 Å². The van der Waals surface area contributed by atoms with Gasteiger partial charge in [-0.25, -0.2) is 0 Å². The number of ether oxygens (including phenoxy) is 1. The van der Waals surface area contributed by atoms with E-state index in [4.69, 9.17) is 8.92 Å². The first-order chi connectivity index (χ1) is 9.18. The molecule has 2 saturated heterocycles. The van der Waals surface area contributed by atoms with Crippen molar-refractivity contribution in [2.24, 2.45) is 11.8 Å². The molecule has 0 N–H and O–H groups in total. The lowest BCUT2D eigenvalue weighted by Gasteiger charge is -2.25. The number of nitriles is 1. The van der Waals surface area contributed by atoms with Crippen LogP contribution in [0.15, 0.2) is 0 Å². The summed E-state index contributed by atoms with van der Waals surface area (Å²) in [7, 11) is -3.97. The Labute approximate surface area is 118 Å². The fraction of sp³-hybridized carbons (Fsp3) is 0.833. The van der Waals surface area contributed by atoms with E-state index in [1.165, 1.54) is 6.92 Å². The first-order valence-corrected chi connectivity index (χ1v) is 7.82. The predicted octanol–water partition coefficient (Wildman–Crippen LogP) is 0.432. The molecule has 2 rings (SSSR count). The quantitative estimate of drug-likeness (QED) is 0.542. The lowest BCUT2D eigenvalue weighted by Crippen LogP contribution is -2.42. The lowest BCUT2D eigenvalue weighted by molar-refractivity contribution is -0.150. The van der Waals surface area contributed by atoms with Gasteiger partial charge in [-0.15, -0.1) is 4.31 Å². The summed E-state index contributed by atoms with van der Waals surface area (Å²) in [5.74, 6) is -1.01. The maximum Gasteiger partial charge on any atom is 0.340 e. The second kappa shape index (κ2) is 4.69. The molecule has 1 unspecified atom stereocenters. The maximum absolute atomic E-state index is 12.1. The topological polar surface area (TPSA) is 96.5 Å². The second-order valence-electron chi connectivity index (χ2n) is 5.67. The minimum atomic E-state index is -3.97. The molecule has 8 heteroatoms. The molecule has 5 atom stereocenters. The molecule has 2 aliphatic rings. The van der Waals surface area contributed by atoms with Crippen molar-refractivity contribution in [2.75, 3.05) is 6.61 Å². The fourth-order valence-corrected chi connectivity index (χ4v) is 4.79. The van der Waals surface area contributed by atoms with Gasteiger partial charge in [0.15, 0.2) is 5.54 Å². The van der Waals surface area contributed by atoms with Gasteiger partial charge in [0.25, 0.3) is 0 Å². The van der Waals surface area contributed by atoms with Gasteiger partial charge in [0.1, 0.15) is 6.10 Å². The van der Waals surface area contributed by atoms with E-state index in [2.05, 4.69) is 6.07 Å². The van der Waals surface area contributed by atoms with Gasteiger partial charge in [-0.3, -0.25) is 8.98 Å². The summed E-state index contributed by atoms with van der Waals surface area (Å²) >= 11 is 0. The monoisotopic (exact) mass is 302 g/mol. The summed E-state index contributed by atoms with van der Waals surface area (Å²) in [5.41, 5.74) is -1.35. The number of fused-ring (bicyclic) bond motifs is 1. The fourth-order valence-electron chi connectivity index (χ4n) is 3.04. The Hall–Kier alpha value is -1.17. The predicted molar refractivity (Wildman–Crippen MR) is 68.4 cm³/mol. The summed E-state index contributed by atoms with van der Waals surface area (Å²) in [6, 6.07) is 1.52. The van der Waals surface area contributed by atoms with Gasteiger partial charge >= 0.3 is 16.3 Å². The number of hydrogen-bond acceptors (Lipinski definition) is 6. The Balaban J connectivity index is 2.52. The summed E-state index contributed by atoms with van der Waals surface area (Å²) in [4.78, 5) is 11.3. The van der Waals surface area contributed by atoms with Crippen LogP contribution < -0.4 is 0 Å². The van der Waals surface area contributed by atoms with Crippen molar-refractivity contribution < 1.29 is 22.1 Å². The molecule has 0 aliphatic carbocycles. The van der Waals surface area contributed by atoms with Crippen molar-refractivity contribution in [1.82, 2.24) is 4.31 Å². The van der Waals surface area contributed by atoms with Crippen molar-refractivity contribution in [3.8, 4) is 6.07 Å². The standard InChI is InChI=1S/C12H18N2O5S/c1-7(2)10-12(6-13)11(19-9(4)15)8(3)5-18-20(16,17)14(10)12/h7-8,10-11H,5H2,1-4H3/t8-,10+,11+,12+,14?/m0/s1. The molecule has 2 aliphatic heterocycles. The average molecular weight is 302 g/mol. The van der Waals surface area contributed by atoms with Crippen LogP contribution in [0.4, 0.5) is 0 Å². The van der Waals surface area contributed by atoms with Crippen molar-refractivity contribution >= 4 is 16.3 Å². The third-order valence-electron chi connectivity index (χ3n) is 3.78. The molecular formula is C12H18N2O5S. The molecule has 0 aromatic heterocycles. The molecule has 0 saturated carbocycles. The van der Waals surface area contributed by atoms with Crippen LogP contribution in [-0.4, -0.2) is 43.0 Å². The molecule has 2 heterocycles. The van der Waals surface area contributed by atoms with Crippen LogP contribution in [0.2, 0.25) is 0 Å². The molecule has 0 radical (unpaired) electrons. The SMILES string of the molecule is CC(=O)O[C@@H]1[C@@H](C)COS(=O)(=O)N2[C@H](C(C)C)[C@]12C#N. The first-order valence-electron chi connectivity index (χ1n) is 6.45. The molecule has 0 aromatic rings. The average Bonchev–Trinajstić information content (AvgIpc) is 3.04. The number of esters is 1. The van der Waals surface area contributed by atoms with Gasteiger partial charge in [-0.05, 0) is 5.92 Å². The van der Waals surface area contributed by atoms with Crippen molar-refractivity contribution in [1.29, 1.82) is 5.26 Å². The largest absolute Gasteiger partial charge is 0.459 e. The zero-order valence-corrected chi connectivity index (χ0v) is 12.7. The van der Waals surface area contributed by atoms with Crippen LogP contribution >= 0.6 is 0 Å². The van der Waals surface area contributed by atoms with E-state index in [-0.39, 0.29) is 18.4 Å². The highest BCUT2D eigenvalue weighted by molar-refractivity contribution is 7.84. The highest BCUT2D eigenvalue weighted by Crippen LogP contribution is 2.54. The van der Waals surface area contributed by atoms with Crippen LogP contribution in [0.5, 0.6) is 0 Å². The van der Waals surface area contributed by atoms with Crippen molar-refractivity contribution in [3.05, 3.63) is 0 Å². The number of carbonyl (C=O) groups excluding carboxylic acids is 1. The van der Waals surface area contributed by atoms with Crippen LogP contribution in [0, 0.1) is 23.2 Å². The summed E-state index contributed by atoms with van der Waals surface area (Å²) in [6.45, 7) is 6.49. The lowest BCUT2D eigenvalue weighted by atomic mass is 9.86. The molecule has 0 aromatic carbocycles. The number of carbonyl (C=O) groups is 1. The van der Waals surface area contributed by atoms with E-state index in [9.17, 15) is 18.5 Å². The van der Waals surface area contributed by atoms with Gasteiger partial charge in [0.2, 0.25) is 0 Å². The Bertz CT molecular complexity index is 567. The summed E-state index contributed by atoms with van der Waals surface area (Å²) < 4.78 is 35.5. The zero-order chi connectivity index (χ0) is 15.3. The van der Waals surface area contributed by atoms with E-state index >= 15 is 0 Å². The van der Waals surface area contributed by atoms with E-state index in [0.29, 0.717) is 0 Å². The van der Waals surface area contributed by atoms with E-state index in [1.807, 2.05) is 13.8 Å². The van der Waals surface area contributed by atoms with E-state index in [1.54, 1.807) is 6.92 Å². The first kappa shape index (κ1) is 15.2. The van der Waals surface area contributed by atoms with Crippen molar-refractivity contribution in [2.45, 2.75) is 45.4 Å². The third kappa shape index (κ3) is 2.01. The minimum Gasteiger partial charge on any atom is -0.459 e. The van der Waals surface area contributed by atoms with Crippen LogP contribution in [-0.2, 0) is 24.0 Å². The van der Waals surface area contributed by atoms with Gasteiger partial charge in [0, 0.05) is 12.8 Å².